The van der Waals surface area contributed by atoms with Crippen LogP contribution in [-0.4, -0.2) is 11.1 Å². The molecule has 0 saturated heterocycles. The average molecular weight is 244 g/mol. The Morgan fingerprint density at radius 1 is 1.06 bits per heavy atom. The Morgan fingerprint density at radius 2 is 1.67 bits per heavy atom. The highest BCUT2D eigenvalue weighted by molar-refractivity contribution is 5.85. The van der Waals surface area contributed by atoms with Crippen LogP contribution in [-0.2, 0) is 5.41 Å². The zero-order valence-electron chi connectivity index (χ0n) is 10.7. The zero-order chi connectivity index (χ0) is 13.3. The van der Waals surface area contributed by atoms with Gasteiger partial charge in [0.05, 0.1) is 0 Å². The van der Waals surface area contributed by atoms with Crippen LogP contribution in [0, 0.1) is 0 Å². The van der Waals surface area contributed by atoms with Gasteiger partial charge in [0.15, 0.2) is 0 Å². The molecule has 0 atom stereocenters. The van der Waals surface area contributed by atoms with Crippen molar-refractivity contribution in [3.05, 3.63) is 47.7 Å². The molecule has 18 heavy (non-hydrogen) atoms. The predicted octanol–water partition coefficient (Wildman–Crippen LogP) is 3.94. The van der Waals surface area contributed by atoms with Gasteiger partial charge in [-0.25, -0.2) is 4.79 Å². The van der Waals surface area contributed by atoms with Gasteiger partial charge < -0.3 is 9.52 Å². The summed E-state index contributed by atoms with van der Waals surface area (Å²) in [7, 11) is 0. The first-order chi connectivity index (χ1) is 8.38. The number of carboxylic acid groups (broad SMARTS) is 1. The molecule has 0 saturated carbocycles. The third kappa shape index (κ3) is 2.45. The average Bonchev–Trinajstić information content (AvgIpc) is 2.77. The van der Waals surface area contributed by atoms with E-state index >= 15 is 0 Å². The van der Waals surface area contributed by atoms with Gasteiger partial charge in [0, 0.05) is 5.56 Å². The van der Waals surface area contributed by atoms with Gasteiger partial charge in [-0.3, -0.25) is 0 Å². The SMILES string of the molecule is CC(C)(C)c1ccc(-c2ccc(C(=O)O)o2)cc1. The largest absolute Gasteiger partial charge is 0.475 e. The minimum atomic E-state index is -1.05. The maximum Gasteiger partial charge on any atom is 0.371 e. The summed E-state index contributed by atoms with van der Waals surface area (Å²) in [5.41, 5.74) is 2.22. The van der Waals surface area contributed by atoms with Gasteiger partial charge in [-0.15, -0.1) is 0 Å². The van der Waals surface area contributed by atoms with E-state index in [0.29, 0.717) is 5.76 Å². The molecule has 0 aliphatic heterocycles. The Hall–Kier alpha value is -2.03. The summed E-state index contributed by atoms with van der Waals surface area (Å²) in [4.78, 5) is 10.7. The van der Waals surface area contributed by atoms with Crippen molar-refractivity contribution in [1.82, 2.24) is 0 Å². The molecule has 94 valence electrons. The summed E-state index contributed by atoms with van der Waals surface area (Å²) in [6.45, 7) is 6.45. The van der Waals surface area contributed by atoms with E-state index in [1.54, 1.807) is 6.07 Å². The van der Waals surface area contributed by atoms with E-state index in [-0.39, 0.29) is 11.2 Å². The molecule has 0 aliphatic carbocycles. The molecule has 0 aliphatic rings. The second kappa shape index (κ2) is 4.33. The Balaban J connectivity index is 2.31. The van der Waals surface area contributed by atoms with Crippen molar-refractivity contribution >= 4 is 5.97 Å². The van der Waals surface area contributed by atoms with Crippen molar-refractivity contribution in [3.63, 3.8) is 0 Å². The first-order valence-corrected chi connectivity index (χ1v) is 5.82. The third-order valence-corrected chi connectivity index (χ3v) is 2.85. The molecule has 1 N–H and O–H groups in total. The zero-order valence-corrected chi connectivity index (χ0v) is 10.7. The Labute approximate surface area is 106 Å². The molecule has 0 bridgehead atoms. The normalized spacial score (nSPS) is 11.5. The summed E-state index contributed by atoms with van der Waals surface area (Å²) in [6.07, 6.45) is 0. The number of aromatic carboxylic acids is 1. The number of carbonyl (C=O) groups is 1. The van der Waals surface area contributed by atoms with Crippen LogP contribution in [0.3, 0.4) is 0 Å². The number of hydrogen-bond donors (Lipinski definition) is 1. The lowest BCUT2D eigenvalue weighted by Crippen LogP contribution is -2.10. The van der Waals surface area contributed by atoms with Gasteiger partial charge in [-0.1, -0.05) is 45.0 Å². The van der Waals surface area contributed by atoms with E-state index in [9.17, 15) is 4.79 Å². The van der Waals surface area contributed by atoms with Crippen molar-refractivity contribution in [3.8, 4) is 11.3 Å². The molecule has 0 unspecified atom stereocenters. The van der Waals surface area contributed by atoms with E-state index < -0.39 is 5.97 Å². The second-order valence-electron chi connectivity index (χ2n) is 5.30. The minimum absolute atomic E-state index is 0.0371. The topological polar surface area (TPSA) is 50.4 Å². The van der Waals surface area contributed by atoms with Gasteiger partial charge in [0.25, 0.3) is 0 Å². The maximum atomic E-state index is 10.7. The highest BCUT2D eigenvalue weighted by Crippen LogP contribution is 2.27. The monoisotopic (exact) mass is 244 g/mol. The molecule has 2 aromatic rings. The highest BCUT2D eigenvalue weighted by atomic mass is 16.4. The van der Waals surface area contributed by atoms with Crippen molar-refractivity contribution in [2.24, 2.45) is 0 Å². The van der Waals surface area contributed by atoms with Crippen LogP contribution in [0.1, 0.15) is 36.9 Å². The van der Waals surface area contributed by atoms with Gasteiger partial charge in [0.1, 0.15) is 5.76 Å². The van der Waals surface area contributed by atoms with E-state index in [1.165, 1.54) is 11.6 Å². The first kappa shape index (κ1) is 12.4. The van der Waals surface area contributed by atoms with E-state index in [4.69, 9.17) is 9.52 Å². The molecule has 0 radical (unpaired) electrons. The molecule has 1 heterocycles. The van der Waals surface area contributed by atoms with Crippen molar-refractivity contribution in [1.29, 1.82) is 0 Å². The number of carboxylic acids is 1. The summed E-state index contributed by atoms with van der Waals surface area (Å²) in [5.74, 6) is -0.509. The molecule has 0 amide bonds. The van der Waals surface area contributed by atoms with Crippen LogP contribution in [0.15, 0.2) is 40.8 Å². The van der Waals surface area contributed by atoms with Crippen LogP contribution in [0.2, 0.25) is 0 Å². The number of furan rings is 1. The van der Waals surface area contributed by atoms with E-state index in [2.05, 4.69) is 20.8 Å². The molecule has 0 spiro atoms. The Bertz CT molecular complexity index is 556. The number of hydrogen-bond acceptors (Lipinski definition) is 2. The summed E-state index contributed by atoms with van der Waals surface area (Å²) in [6, 6.07) is 11.1. The molecule has 2 rings (SSSR count). The third-order valence-electron chi connectivity index (χ3n) is 2.85. The lowest BCUT2D eigenvalue weighted by molar-refractivity contribution is 0.0663. The van der Waals surface area contributed by atoms with Crippen LogP contribution in [0.4, 0.5) is 0 Å². The standard InChI is InChI=1S/C15H16O3/c1-15(2,3)11-6-4-10(5-7-11)12-8-9-13(18-12)14(16)17/h4-9H,1-3H3,(H,16,17). The van der Waals surface area contributed by atoms with Crippen LogP contribution >= 0.6 is 0 Å². The maximum absolute atomic E-state index is 10.7. The van der Waals surface area contributed by atoms with Gasteiger partial charge in [-0.05, 0) is 23.1 Å². The van der Waals surface area contributed by atoms with Crippen LogP contribution < -0.4 is 0 Å². The lowest BCUT2D eigenvalue weighted by Gasteiger charge is -2.18. The molecule has 3 nitrogen and oxygen atoms in total. The fraction of sp³-hybridized carbons (Fsp3) is 0.267. The summed E-state index contributed by atoms with van der Waals surface area (Å²) in [5, 5.41) is 8.80. The van der Waals surface area contributed by atoms with Gasteiger partial charge in [0.2, 0.25) is 5.76 Å². The molecule has 3 heteroatoms. The van der Waals surface area contributed by atoms with E-state index in [1.807, 2.05) is 24.3 Å². The molecular weight excluding hydrogens is 228 g/mol. The first-order valence-electron chi connectivity index (χ1n) is 5.82. The molecule has 1 aromatic heterocycles. The number of benzene rings is 1. The smallest absolute Gasteiger partial charge is 0.371 e. The fourth-order valence-electron chi connectivity index (χ4n) is 1.74. The van der Waals surface area contributed by atoms with Crippen molar-refractivity contribution < 1.29 is 14.3 Å². The number of rotatable bonds is 2. The lowest BCUT2D eigenvalue weighted by atomic mass is 9.86. The summed E-state index contributed by atoms with van der Waals surface area (Å²) >= 11 is 0. The highest BCUT2D eigenvalue weighted by Gasteiger charge is 2.14. The van der Waals surface area contributed by atoms with Crippen molar-refractivity contribution in [2.75, 3.05) is 0 Å². The van der Waals surface area contributed by atoms with E-state index in [0.717, 1.165) is 5.56 Å². The molecular formula is C15H16O3. The van der Waals surface area contributed by atoms with Crippen LogP contribution in [0.5, 0.6) is 0 Å². The second-order valence-corrected chi connectivity index (χ2v) is 5.30. The van der Waals surface area contributed by atoms with Gasteiger partial charge in [-0.2, -0.15) is 0 Å². The summed E-state index contributed by atoms with van der Waals surface area (Å²) < 4.78 is 5.26. The van der Waals surface area contributed by atoms with Crippen molar-refractivity contribution in [2.45, 2.75) is 26.2 Å². The quantitative estimate of drug-likeness (QED) is 0.870. The fourth-order valence-corrected chi connectivity index (χ4v) is 1.74. The molecule has 1 aromatic carbocycles. The molecule has 0 fully saturated rings. The Kier molecular flexibility index (Phi) is 2.99. The Morgan fingerprint density at radius 3 is 2.11 bits per heavy atom. The predicted molar refractivity (Wildman–Crippen MR) is 69.8 cm³/mol. The minimum Gasteiger partial charge on any atom is -0.475 e. The van der Waals surface area contributed by atoms with Crippen LogP contribution in [0.25, 0.3) is 11.3 Å². The van der Waals surface area contributed by atoms with Gasteiger partial charge >= 0.3 is 5.97 Å².